The SMILES string of the molecule is COc1ccc(-c2cc(CBr)cc(-c3ccc(C)cc3)c2)cc1. The van der Waals surface area contributed by atoms with Crippen molar-refractivity contribution in [1.82, 2.24) is 0 Å². The highest BCUT2D eigenvalue weighted by molar-refractivity contribution is 9.08. The molecule has 0 aliphatic carbocycles. The Morgan fingerprint density at radius 2 is 1.26 bits per heavy atom. The lowest BCUT2D eigenvalue weighted by Crippen LogP contribution is -1.87. The highest BCUT2D eigenvalue weighted by Gasteiger charge is 2.05. The number of halogens is 1. The summed E-state index contributed by atoms with van der Waals surface area (Å²) in [4.78, 5) is 0. The first-order valence-corrected chi connectivity index (χ1v) is 8.73. The van der Waals surface area contributed by atoms with Gasteiger partial charge in [-0.1, -0.05) is 70.0 Å². The quantitative estimate of drug-likeness (QED) is 0.497. The monoisotopic (exact) mass is 366 g/mol. The lowest BCUT2D eigenvalue weighted by molar-refractivity contribution is 0.415. The summed E-state index contributed by atoms with van der Waals surface area (Å²) in [6, 6.07) is 23.6. The molecule has 2 heteroatoms. The molecule has 0 aliphatic rings. The van der Waals surface area contributed by atoms with E-state index in [0.717, 1.165) is 11.1 Å². The fourth-order valence-corrected chi connectivity index (χ4v) is 2.96. The molecular formula is C21H19BrO. The normalized spacial score (nSPS) is 10.6. The third-order valence-electron chi connectivity index (χ3n) is 3.96. The maximum atomic E-state index is 5.25. The molecular weight excluding hydrogens is 348 g/mol. The summed E-state index contributed by atoms with van der Waals surface area (Å²) >= 11 is 3.59. The highest BCUT2D eigenvalue weighted by Crippen LogP contribution is 2.30. The van der Waals surface area contributed by atoms with Gasteiger partial charge in [-0.2, -0.15) is 0 Å². The Morgan fingerprint density at radius 3 is 1.74 bits per heavy atom. The van der Waals surface area contributed by atoms with E-state index in [2.05, 4.69) is 77.5 Å². The predicted octanol–water partition coefficient (Wildman–Crippen LogP) is 6.23. The molecule has 0 atom stereocenters. The number of hydrogen-bond donors (Lipinski definition) is 0. The van der Waals surface area contributed by atoms with Crippen molar-refractivity contribution in [2.75, 3.05) is 7.11 Å². The van der Waals surface area contributed by atoms with Crippen molar-refractivity contribution in [3.63, 3.8) is 0 Å². The minimum absolute atomic E-state index is 0.843. The molecule has 0 radical (unpaired) electrons. The molecule has 23 heavy (non-hydrogen) atoms. The maximum absolute atomic E-state index is 5.25. The van der Waals surface area contributed by atoms with E-state index in [4.69, 9.17) is 4.74 Å². The van der Waals surface area contributed by atoms with Gasteiger partial charge in [0.05, 0.1) is 7.11 Å². The van der Waals surface area contributed by atoms with Gasteiger partial charge in [0.1, 0.15) is 5.75 Å². The van der Waals surface area contributed by atoms with Gasteiger partial charge in [-0.3, -0.25) is 0 Å². The third kappa shape index (κ3) is 3.65. The highest BCUT2D eigenvalue weighted by atomic mass is 79.9. The van der Waals surface area contributed by atoms with Crippen LogP contribution in [-0.4, -0.2) is 7.11 Å². The first-order chi connectivity index (χ1) is 11.2. The Kier molecular flexibility index (Phi) is 4.82. The van der Waals surface area contributed by atoms with Crippen LogP contribution in [0.4, 0.5) is 0 Å². The molecule has 0 aromatic heterocycles. The molecule has 0 spiro atoms. The number of alkyl halides is 1. The third-order valence-corrected chi connectivity index (χ3v) is 4.60. The molecule has 3 aromatic rings. The zero-order valence-electron chi connectivity index (χ0n) is 13.3. The summed E-state index contributed by atoms with van der Waals surface area (Å²) in [5.74, 6) is 0.879. The van der Waals surface area contributed by atoms with Crippen LogP contribution >= 0.6 is 15.9 Å². The second-order valence-corrected chi connectivity index (χ2v) is 6.21. The van der Waals surface area contributed by atoms with Crippen molar-refractivity contribution >= 4 is 15.9 Å². The van der Waals surface area contributed by atoms with Crippen molar-refractivity contribution < 1.29 is 4.74 Å². The number of aryl methyl sites for hydroxylation is 1. The molecule has 3 aromatic carbocycles. The average molecular weight is 367 g/mol. The summed E-state index contributed by atoms with van der Waals surface area (Å²) in [5.41, 5.74) is 7.46. The minimum atomic E-state index is 0.843. The van der Waals surface area contributed by atoms with E-state index in [-0.39, 0.29) is 0 Å². The maximum Gasteiger partial charge on any atom is 0.118 e. The van der Waals surface area contributed by atoms with Crippen LogP contribution in [0.1, 0.15) is 11.1 Å². The molecule has 0 heterocycles. The number of rotatable bonds is 4. The molecule has 0 bridgehead atoms. The molecule has 0 unspecified atom stereocenters. The zero-order chi connectivity index (χ0) is 16.2. The Balaban J connectivity index is 2.06. The van der Waals surface area contributed by atoms with Gasteiger partial charge in [0.25, 0.3) is 0 Å². The van der Waals surface area contributed by atoms with E-state index in [1.54, 1.807) is 7.11 Å². The summed E-state index contributed by atoms with van der Waals surface area (Å²) in [6.45, 7) is 2.11. The van der Waals surface area contributed by atoms with Crippen molar-refractivity contribution in [3.8, 4) is 28.0 Å². The van der Waals surface area contributed by atoms with E-state index >= 15 is 0 Å². The summed E-state index contributed by atoms with van der Waals surface area (Å²) in [5, 5.41) is 0.843. The molecule has 0 fully saturated rings. The molecule has 0 saturated carbocycles. The fourth-order valence-electron chi connectivity index (χ4n) is 2.63. The van der Waals surface area contributed by atoms with Crippen molar-refractivity contribution in [2.24, 2.45) is 0 Å². The van der Waals surface area contributed by atoms with E-state index in [9.17, 15) is 0 Å². The number of hydrogen-bond acceptors (Lipinski definition) is 1. The lowest BCUT2D eigenvalue weighted by atomic mass is 9.96. The standard InChI is InChI=1S/C21H19BrO/c1-15-3-5-17(6-4-15)19-11-16(14-22)12-20(13-19)18-7-9-21(23-2)10-8-18/h3-13H,14H2,1-2H3. The van der Waals surface area contributed by atoms with Gasteiger partial charge >= 0.3 is 0 Å². The summed E-state index contributed by atoms with van der Waals surface area (Å²) in [7, 11) is 1.69. The van der Waals surface area contributed by atoms with Gasteiger partial charge in [-0.25, -0.2) is 0 Å². The average Bonchev–Trinajstić information content (AvgIpc) is 2.62. The van der Waals surface area contributed by atoms with E-state index in [1.165, 1.54) is 33.4 Å². The van der Waals surface area contributed by atoms with Crippen LogP contribution in [0.5, 0.6) is 5.75 Å². The van der Waals surface area contributed by atoms with Gasteiger partial charge in [0.15, 0.2) is 0 Å². The van der Waals surface area contributed by atoms with Crippen LogP contribution in [0.25, 0.3) is 22.3 Å². The molecule has 0 amide bonds. The van der Waals surface area contributed by atoms with Gasteiger partial charge in [-0.15, -0.1) is 0 Å². The predicted molar refractivity (Wildman–Crippen MR) is 101 cm³/mol. The lowest BCUT2D eigenvalue weighted by Gasteiger charge is -2.10. The smallest absolute Gasteiger partial charge is 0.118 e. The van der Waals surface area contributed by atoms with Crippen LogP contribution in [0, 0.1) is 6.92 Å². The summed E-state index contributed by atoms with van der Waals surface area (Å²) < 4.78 is 5.25. The second kappa shape index (κ2) is 7.01. The van der Waals surface area contributed by atoms with E-state index in [0.29, 0.717) is 0 Å². The summed E-state index contributed by atoms with van der Waals surface area (Å²) in [6.07, 6.45) is 0. The first kappa shape index (κ1) is 15.8. The van der Waals surface area contributed by atoms with Crippen molar-refractivity contribution in [2.45, 2.75) is 12.3 Å². The Morgan fingerprint density at radius 1 is 0.739 bits per heavy atom. The fraction of sp³-hybridized carbons (Fsp3) is 0.143. The Labute approximate surface area is 146 Å². The second-order valence-electron chi connectivity index (χ2n) is 5.65. The van der Waals surface area contributed by atoms with Gasteiger partial charge < -0.3 is 4.74 Å². The molecule has 0 saturated heterocycles. The zero-order valence-corrected chi connectivity index (χ0v) is 14.9. The largest absolute Gasteiger partial charge is 0.497 e. The van der Waals surface area contributed by atoms with Crippen LogP contribution in [0.15, 0.2) is 66.7 Å². The van der Waals surface area contributed by atoms with Crippen molar-refractivity contribution in [1.29, 1.82) is 0 Å². The van der Waals surface area contributed by atoms with Crippen LogP contribution < -0.4 is 4.74 Å². The van der Waals surface area contributed by atoms with E-state index < -0.39 is 0 Å². The van der Waals surface area contributed by atoms with Gasteiger partial charge in [0.2, 0.25) is 0 Å². The van der Waals surface area contributed by atoms with Crippen LogP contribution in [-0.2, 0) is 5.33 Å². The molecule has 0 N–H and O–H groups in total. The Hall–Kier alpha value is -2.06. The first-order valence-electron chi connectivity index (χ1n) is 7.61. The Bertz CT molecular complexity index is 789. The van der Waals surface area contributed by atoms with E-state index in [1.807, 2.05) is 12.1 Å². The van der Waals surface area contributed by atoms with Gasteiger partial charge in [-0.05, 0) is 52.9 Å². The number of benzene rings is 3. The number of ether oxygens (including phenoxy) is 1. The molecule has 0 aliphatic heterocycles. The molecule has 1 nitrogen and oxygen atoms in total. The van der Waals surface area contributed by atoms with Crippen molar-refractivity contribution in [3.05, 3.63) is 77.9 Å². The topological polar surface area (TPSA) is 9.23 Å². The van der Waals surface area contributed by atoms with Crippen LogP contribution in [0.2, 0.25) is 0 Å². The van der Waals surface area contributed by atoms with Crippen LogP contribution in [0.3, 0.4) is 0 Å². The van der Waals surface area contributed by atoms with Gasteiger partial charge in [0, 0.05) is 5.33 Å². The number of methoxy groups -OCH3 is 1. The molecule has 3 rings (SSSR count). The minimum Gasteiger partial charge on any atom is -0.497 e. The molecule has 116 valence electrons.